The summed E-state index contributed by atoms with van der Waals surface area (Å²) in [6.45, 7) is 2.68. The number of likely N-dealkylation sites (tertiary alicyclic amines) is 1. The maximum Gasteiger partial charge on any atom is 0.453 e. The van der Waals surface area contributed by atoms with Crippen LogP contribution in [-0.2, 0) is 6.18 Å². The van der Waals surface area contributed by atoms with Crippen LogP contribution in [0.4, 0.5) is 19.0 Å². The van der Waals surface area contributed by atoms with Gasteiger partial charge in [-0.3, -0.25) is 0 Å². The lowest BCUT2D eigenvalue weighted by Gasteiger charge is -2.28. The SMILES string of the molecule is O[C@H](CNc1ccc2nnc(C(F)(F)F)n2n1)CN1CCCCC1. The number of nitrogens with zero attached hydrogens (tertiary/aromatic N) is 5. The van der Waals surface area contributed by atoms with Crippen molar-refractivity contribution in [3.05, 3.63) is 18.0 Å². The molecule has 2 N–H and O–H groups in total. The third kappa shape index (κ3) is 3.93. The Morgan fingerprint density at radius 1 is 1.17 bits per heavy atom. The Kier molecular flexibility index (Phi) is 4.86. The second-order valence-corrected chi connectivity index (χ2v) is 5.91. The van der Waals surface area contributed by atoms with Crippen LogP contribution in [0.15, 0.2) is 12.1 Å². The monoisotopic (exact) mass is 344 g/mol. The molecule has 10 heteroatoms. The van der Waals surface area contributed by atoms with Crippen LogP contribution in [0, 0.1) is 0 Å². The molecule has 0 aromatic carbocycles. The van der Waals surface area contributed by atoms with E-state index in [1.807, 2.05) is 0 Å². The summed E-state index contributed by atoms with van der Waals surface area (Å²) in [7, 11) is 0. The Morgan fingerprint density at radius 3 is 2.62 bits per heavy atom. The van der Waals surface area contributed by atoms with Gasteiger partial charge in [-0.2, -0.15) is 17.7 Å². The summed E-state index contributed by atoms with van der Waals surface area (Å²) in [5.41, 5.74) is 0.0155. The molecule has 0 unspecified atom stereocenters. The molecule has 1 fully saturated rings. The number of alkyl halides is 3. The number of halogens is 3. The first-order chi connectivity index (χ1) is 11.4. The second kappa shape index (κ2) is 6.89. The first-order valence-electron chi connectivity index (χ1n) is 7.87. The molecule has 0 amide bonds. The molecular weight excluding hydrogens is 325 g/mol. The van der Waals surface area contributed by atoms with E-state index in [4.69, 9.17) is 0 Å². The van der Waals surface area contributed by atoms with E-state index in [-0.39, 0.29) is 18.0 Å². The first-order valence-corrected chi connectivity index (χ1v) is 7.87. The van der Waals surface area contributed by atoms with Crippen molar-refractivity contribution in [2.75, 3.05) is 31.5 Å². The number of rotatable bonds is 5. The number of nitrogens with one attached hydrogen (secondary N) is 1. The van der Waals surface area contributed by atoms with E-state index >= 15 is 0 Å². The molecule has 0 aliphatic carbocycles. The molecule has 2 aromatic rings. The number of β-amino-alcohol motifs (C(OH)–C–C–N with tert-alkyl or cyclic N) is 1. The van der Waals surface area contributed by atoms with Crippen molar-refractivity contribution in [2.45, 2.75) is 31.5 Å². The van der Waals surface area contributed by atoms with E-state index in [0.717, 1.165) is 25.9 Å². The zero-order valence-electron chi connectivity index (χ0n) is 13.0. The molecule has 7 nitrogen and oxygen atoms in total. The minimum atomic E-state index is -4.63. The molecule has 1 atom stereocenters. The van der Waals surface area contributed by atoms with Crippen LogP contribution in [0.25, 0.3) is 5.65 Å². The lowest BCUT2D eigenvalue weighted by Crippen LogP contribution is -2.39. The number of hydrogen-bond donors (Lipinski definition) is 2. The molecule has 0 radical (unpaired) electrons. The molecule has 1 aliphatic heterocycles. The van der Waals surface area contributed by atoms with Gasteiger partial charge in [0.25, 0.3) is 5.82 Å². The molecule has 3 heterocycles. The van der Waals surface area contributed by atoms with Gasteiger partial charge in [-0.15, -0.1) is 15.3 Å². The van der Waals surface area contributed by atoms with E-state index in [1.54, 1.807) is 0 Å². The highest BCUT2D eigenvalue weighted by molar-refractivity contribution is 5.44. The van der Waals surface area contributed by atoms with E-state index in [9.17, 15) is 18.3 Å². The summed E-state index contributed by atoms with van der Waals surface area (Å²) >= 11 is 0. The van der Waals surface area contributed by atoms with Gasteiger partial charge < -0.3 is 15.3 Å². The molecule has 3 rings (SSSR count). The third-order valence-electron chi connectivity index (χ3n) is 3.95. The normalized spacial score (nSPS) is 18.0. The highest BCUT2D eigenvalue weighted by Gasteiger charge is 2.37. The van der Waals surface area contributed by atoms with E-state index in [1.165, 1.54) is 18.6 Å². The predicted molar refractivity (Wildman–Crippen MR) is 80.6 cm³/mol. The number of aromatic nitrogens is 4. The van der Waals surface area contributed by atoms with Gasteiger partial charge in [-0.25, -0.2) is 0 Å². The van der Waals surface area contributed by atoms with Crippen LogP contribution in [0.1, 0.15) is 25.1 Å². The fraction of sp³-hybridized carbons (Fsp3) is 0.643. The number of piperidine rings is 1. The molecule has 2 aromatic heterocycles. The summed E-state index contributed by atoms with van der Waals surface area (Å²) in [6, 6.07) is 2.91. The molecule has 132 valence electrons. The average Bonchev–Trinajstić information content (AvgIpc) is 2.97. The van der Waals surface area contributed by atoms with E-state index < -0.39 is 18.1 Å². The average molecular weight is 344 g/mol. The second-order valence-electron chi connectivity index (χ2n) is 5.91. The van der Waals surface area contributed by atoms with Gasteiger partial charge in [0.2, 0.25) is 0 Å². The van der Waals surface area contributed by atoms with Gasteiger partial charge in [0.15, 0.2) is 5.65 Å². The number of hydrogen-bond acceptors (Lipinski definition) is 6. The van der Waals surface area contributed by atoms with Gasteiger partial charge in [-0.05, 0) is 38.1 Å². The summed E-state index contributed by atoms with van der Waals surface area (Å²) in [5.74, 6) is -0.944. The van der Waals surface area contributed by atoms with Crippen molar-refractivity contribution in [2.24, 2.45) is 0 Å². The molecule has 0 saturated carbocycles. The fourth-order valence-corrected chi connectivity index (χ4v) is 2.79. The fourth-order valence-electron chi connectivity index (χ4n) is 2.79. The Hall–Kier alpha value is -1.94. The van der Waals surface area contributed by atoms with Gasteiger partial charge in [-0.1, -0.05) is 6.42 Å². The van der Waals surface area contributed by atoms with Crippen LogP contribution in [0.2, 0.25) is 0 Å². The molecule has 0 bridgehead atoms. The standard InChI is InChI=1S/C14H19F3N6O/c15-14(16,17)13-20-19-12-5-4-11(21-23(12)13)18-8-10(24)9-22-6-2-1-3-7-22/h4-5,10,24H,1-3,6-9H2,(H,18,21)/t10-/m1/s1. The van der Waals surface area contributed by atoms with Gasteiger partial charge in [0, 0.05) is 13.1 Å². The summed E-state index contributed by atoms with van der Waals surface area (Å²) in [6.07, 6.45) is -1.77. The van der Waals surface area contributed by atoms with Crippen LogP contribution in [0.3, 0.4) is 0 Å². The van der Waals surface area contributed by atoms with Gasteiger partial charge >= 0.3 is 6.18 Å². The number of aliphatic hydroxyl groups is 1. The van der Waals surface area contributed by atoms with Crippen LogP contribution < -0.4 is 5.32 Å². The Bertz CT molecular complexity index is 683. The van der Waals surface area contributed by atoms with Crippen LogP contribution in [0.5, 0.6) is 0 Å². The quantitative estimate of drug-likeness (QED) is 0.854. The van der Waals surface area contributed by atoms with Crippen LogP contribution >= 0.6 is 0 Å². The van der Waals surface area contributed by atoms with Crippen molar-refractivity contribution in [3.63, 3.8) is 0 Å². The Morgan fingerprint density at radius 2 is 1.92 bits per heavy atom. The zero-order valence-corrected chi connectivity index (χ0v) is 13.0. The lowest BCUT2D eigenvalue weighted by atomic mass is 10.1. The number of fused-ring (bicyclic) bond motifs is 1. The van der Waals surface area contributed by atoms with Crippen LogP contribution in [-0.4, -0.2) is 62.1 Å². The molecular formula is C14H19F3N6O. The third-order valence-corrected chi connectivity index (χ3v) is 3.95. The highest BCUT2D eigenvalue weighted by atomic mass is 19.4. The minimum Gasteiger partial charge on any atom is -0.390 e. The molecule has 24 heavy (non-hydrogen) atoms. The van der Waals surface area contributed by atoms with E-state index in [0.29, 0.717) is 11.1 Å². The van der Waals surface area contributed by atoms with Crippen molar-refractivity contribution in [3.8, 4) is 0 Å². The van der Waals surface area contributed by atoms with Crippen molar-refractivity contribution < 1.29 is 18.3 Å². The van der Waals surface area contributed by atoms with Gasteiger partial charge in [0.1, 0.15) is 5.82 Å². The summed E-state index contributed by atoms with van der Waals surface area (Å²) < 4.78 is 39.1. The summed E-state index contributed by atoms with van der Waals surface area (Å²) in [5, 5.41) is 23.4. The van der Waals surface area contributed by atoms with Crippen molar-refractivity contribution in [1.82, 2.24) is 24.7 Å². The Balaban J connectivity index is 1.62. The smallest absolute Gasteiger partial charge is 0.390 e. The molecule has 0 spiro atoms. The lowest BCUT2D eigenvalue weighted by molar-refractivity contribution is -0.146. The minimum absolute atomic E-state index is 0.0155. The number of anilines is 1. The maximum absolute atomic E-state index is 12.8. The molecule has 1 aliphatic rings. The molecule has 1 saturated heterocycles. The zero-order chi connectivity index (χ0) is 17.2. The highest BCUT2D eigenvalue weighted by Crippen LogP contribution is 2.27. The predicted octanol–water partition coefficient (Wildman–Crippen LogP) is 1.40. The largest absolute Gasteiger partial charge is 0.453 e. The van der Waals surface area contributed by atoms with Crippen molar-refractivity contribution >= 4 is 11.5 Å². The van der Waals surface area contributed by atoms with E-state index in [2.05, 4.69) is 25.5 Å². The topological polar surface area (TPSA) is 78.6 Å². The maximum atomic E-state index is 12.8. The Labute approximate surface area is 136 Å². The first kappa shape index (κ1) is 16.9. The van der Waals surface area contributed by atoms with Crippen molar-refractivity contribution in [1.29, 1.82) is 0 Å². The number of aliphatic hydroxyl groups excluding tert-OH is 1. The summed E-state index contributed by atoms with van der Waals surface area (Å²) in [4.78, 5) is 2.19. The van der Waals surface area contributed by atoms with Gasteiger partial charge in [0.05, 0.1) is 6.10 Å².